The van der Waals surface area contributed by atoms with Gasteiger partial charge in [0.1, 0.15) is 5.60 Å². The maximum Gasteiger partial charge on any atom is 0.410 e. The smallest absolute Gasteiger partial charge is 0.410 e. The Hall–Kier alpha value is -2.02. The Morgan fingerprint density at radius 3 is 2.74 bits per heavy atom. The number of benzene rings is 1. The van der Waals surface area contributed by atoms with E-state index in [1.807, 2.05) is 0 Å². The molecule has 128 valence electrons. The van der Waals surface area contributed by atoms with Gasteiger partial charge in [-0.05, 0) is 26.8 Å². The summed E-state index contributed by atoms with van der Waals surface area (Å²) in [6.45, 7) is 6.90. The number of rotatable bonds is 2. The standard InChI is InChI=1S/C16H24FN3O3/c1-16(2,3)23-15(21)20-8-7-19-9-12(20)10-5-6-11(18)14(22-4)13(10)17/h5-6,12,19H,7-9,18H2,1-4H3. The molecule has 1 amide bonds. The molecule has 6 nitrogen and oxygen atoms in total. The first-order valence-corrected chi connectivity index (χ1v) is 7.57. The zero-order chi connectivity index (χ0) is 17.2. The molecule has 3 N–H and O–H groups in total. The first-order valence-electron chi connectivity index (χ1n) is 7.57. The topological polar surface area (TPSA) is 76.8 Å². The second-order valence-electron chi connectivity index (χ2n) is 6.48. The third-order valence-corrected chi connectivity index (χ3v) is 3.59. The summed E-state index contributed by atoms with van der Waals surface area (Å²) in [5, 5.41) is 3.17. The summed E-state index contributed by atoms with van der Waals surface area (Å²) in [6, 6.07) is 2.69. The number of halogens is 1. The zero-order valence-corrected chi connectivity index (χ0v) is 14.0. The molecule has 1 heterocycles. The molecular formula is C16H24FN3O3. The lowest BCUT2D eigenvalue weighted by molar-refractivity contribution is 0.0114. The summed E-state index contributed by atoms with van der Waals surface area (Å²) < 4.78 is 25.1. The van der Waals surface area contributed by atoms with Crippen molar-refractivity contribution in [2.75, 3.05) is 32.5 Å². The molecule has 1 fully saturated rings. The van der Waals surface area contributed by atoms with E-state index in [4.69, 9.17) is 15.2 Å². The molecular weight excluding hydrogens is 301 g/mol. The van der Waals surface area contributed by atoms with Crippen LogP contribution in [-0.4, -0.2) is 43.3 Å². The Balaban J connectivity index is 2.34. The molecule has 7 heteroatoms. The fourth-order valence-corrected chi connectivity index (χ4v) is 2.57. The summed E-state index contributed by atoms with van der Waals surface area (Å²) in [5.41, 5.74) is 5.69. The van der Waals surface area contributed by atoms with Crippen molar-refractivity contribution in [1.82, 2.24) is 10.2 Å². The molecule has 2 rings (SSSR count). The van der Waals surface area contributed by atoms with Crippen molar-refractivity contribution in [3.63, 3.8) is 0 Å². The minimum absolute atomic E-state index is 0.00258. The molecule has 1 atom stereocenters. The van der Waals surface area contributed by atoms with Gasteiger partial charge < -0.3 is 20.5 Å². The van der Waals surface area contributed by atoms with Crippen LogP contribution >= 0.6 is 0 Å². The molecule has 0 bridgehead atoms. The third-order valence-electron chi connectivity index (χ3n) is 3.59. The van der Waals surface area contributed by atoms with Gasteiger partial charge >= 0.3 is 6.09 Å². The number of piperazine rings is 1. The monoisotopic (exact) mass is 325 g/mol. The molecule has 0 spiro atoms. The van der Waals surface area contributed by atoms with Crippen LogP contribution < -0.4 is 15.8 Å². The van der Waals surface area contributed by atoms with Crippen molar-refractivity contribution >= 4 is 11.8 Å². The first-order chi connectivity index (χ1) is 10.7. The molecule has 1 aliphatic rings. The van der Waals surface area contributed by atoms with Crippen LogP contribution in [0.1, 0.15) is 32.4 Å². The van der Waals surface area contributed by atoms with E-state index >= 15 is 0 Å². The van der Waals surface area contributed by atoms with Gasteiger partial charge in [0.2, 0.25) is 0 Å². The fourth-order valence-electron chi connectivity index (χ4n) is 2.57. The number of carbonyl (C=O) groups is 1. The minimum Gasteiger partial charge on any atom is -0.492 e. The van der Waals surface area contributed by atoms with E-state index in [0.717, 1.165) is 0 Å². The first kappa shape index (κ1) is 17.3. The zero-order valence-electron chi connectivity index (χ0n) is 14.0. The Morgan fingerprint density at radius 2 is 2.13 bits per heavy atom. The van der Waals surface area contributed by atoms with Crippen molar-refractivity contribution in [3.8, 4) is 5.75 Å². The lowest BCUT2D eigenvalue weighted by Gasteiger charge is -2.37. The predicted molar refractivity (Wildman–Crippen MR) is 85.9 cm³/mol. The lowest BCUT2D eigenvalue weighted by Crippen LogP contribution is -2.50. The summed E-state index contributed by atoms with van der Waals surface area (Å²) >= 11 is 0. The maximum absolute atomic E-state index is 14.7. The largest absolute Gasteiger partial charge is 0.492 e. The average Bonchev–Trinajstić information content (AvgIpc) is 2.46. The van der Waals surface area contributed by atoms with Crippen LogP contribution in [0.15, 0.2) is 12.1 Å². The number of amides is 1. The molecule has 1 unspecified atom stereocenters. The average molecular weight is 325 g/mol. The van der Waals surface area contributed by atoms with E-state index in [2.05, 4.69) is 5.32 Å². The molecule has 1 aliphatic heterocycles. The van der Waals surface area contributed by atoms with Gasteiger partial charge in [0, 0.05) is 25.2 Å². The number of hydrogen-bond donors (Lipinski definition) is 2. The van der Waals surface area contributed by atoms with Crippen LogP contribution in [0.5, 0.6) is 5.75 Å². The summed E-state index contributed by atoms with van der Waals surface area (Å²) in [4.78, 5) is 14.0. The SMILES string of the molecule is COc1c(N)ccc(C2CNCCN2C(=O)OC(C)(C)C)c1F. The van der Waals surface area contributed by atoms with E-state index in [1.165, 1.54) is 12.0 Å². The van der Waals surface area contributed by atoms with Crippen LogP contribution in [0, 0.1) is 5.82 Å². The minimum atomic E-state index is -0.607. The summed E-state index contributed by atoms with van der Waals surface area (Å²) in [6.07, 6.45) is -0.459. The number of ether oxygens (including phenoxy) is 2. The highest BCUT2D eigenvalue weighted by Crippen LogP contribution is 2.34. The second kappa shape index (κ2) is 6.62. The van der Waals surface area contributed by atoms with Gasteiger partial charge in [-0.25, -0.2) is 9.18 Å². The molecule has 0 aliphatic carbocycles. The summed E-state index contributed by atoms with van der Waals surface area (Å²) in [5.74, 6) is -0.549. The number of anilines is 1. The number of carbonyl (C=O) groups excluding carboxylic acids is 1. The Morgan fingerprint density at radius 1 is 1.43 bits per heavy atom. The molecule has 1 aromatic carbocycles. The van der Waals surface area contributed by atoms with E-state index in [0.29, 0.717) is 25.2 Å². The molecule has 1 saturated heterocycles. The number of nitrogens with two attached hydrogens (primary N) is 1. The normalized spacial score (nSPS) is 18.7. The van der Waals surface area contributed by atoms with E-state index < -0.39 is 23.6 Å². The van der Waals surface area contributed by atoms with Crippen molar-refractivity contribution in [3.05, 3.63) is 23.5 Å². The van der Waals surface area contributed by atoms with Crippen LogP contribution in [0.2, 0.25) is 0 Å². The highest BCUT2D eigenvalue weighted by atomic mass is 19.1. The quantitative estimate of drug-likeness (QED) is 0.816. The Bertz CT molecular complexity index is 587. The summed E-state index contributed by atoms with van der Waals surface area (Å²) in [7, 11) is 1.36. The molecule has 1 aromatic rings. The van der Waals surface area contributed by atoms with Crippen LogP contribution in [0.25, 0.3) is 0 Å². The number of nitrogens with zero attached hydrogens (tertiary/aromatic N) is 1. The number of hydrogen-bond acceptors (Lipinski definition) is 5. The van der Waals surface area contributed by atoms with Gasteiger partial charge in [0.25, 0.3) is 0 Å². The van der Waals surface area contributed by atoms with Gasteiger partial charge in [0.15, 0.2) is 11.6 Å². The van der Waals surface area contributed by atoms with Gasteiger partial charge in [-0.2, -0.15) is 0 Å². The van der Waals surface area contributed by atoms with Crippen molar-refractivity contribution < 1.29 is 18.7 Å². The van der Waals surface area contributed by atoms with Crippen molar-refractivity contribution in [2.24, 2.45) is 0 Å². The van der Waals surface area contributed by atoms with Crippen molar-refractivity contribution in [2.45, 2.75) is 32.4 Å². The molecule has 0 aromatic heterocycles. The van der Waals surface area contributed by atoms with E-state index in [1.54, 1.807) is 32.9 Å². The Kier molecular flexibility index (Phi) is 4.99. The number of nitrogen functional groups attached to an aromatic ring is 1. The maximum atomic E-state index is 14.7. The van der Waals surface area contributed by atoms with E-state index in [9.17, 15) is 9.18 Å². The van der Waals surface area contributed by atoms with Crippen LogP contribution in [0.4, 0.5) is 14.9 Å². The lowest BCUT2D eigenvalue weighted by atomic mass is 10.0. The van der Waals surface area contributed by atoms with Crippen LogP contribution in [0.3, 0.4) is 0 Å². The van der Waals surface area contributed by atoms with Gasteiger partial charge in [-0.15, -0.1) is 0 Å². The molecule has 23 heavy (non-hydrogen) atoms. The second-order valence-corrected chi connectivity index (χ2v) is 6.48. The highest BCUT2D eigenvalue weighted by Gasteiger charge is 2.33. The Labute approximate surface area is 135 Å². The fraction of sp³-hybridized carbons (Fsp3) is 0.562. The van der Waals surface area contributed by atoms with Gasteiger partial charge in [-0.1, -0.05) is 6.07 Å². The van der Waals surface area contributed by atoms with Crippen LogP contribution in [-0.2, 0) is 4.74 Å². The third kappa shape index (κ3) is 3.85. The molecule has 0 saturated carbocycles. The van der Waals surface area contributed by atoms with Gasteiger partial charge in [0.05, 0.1) is 18.8 Å². The predicted octanol–water partition coefficient (Wildman–Crippen LogP) is 2.30. The van der Waals surface area contributed by atoms with Crippen molar-refractivity contribution in [1.29, 1.82) is 0 Å². The van der Waals surface area contributed by atoms with E-state index in [-0.39, 0.29) is 11.4 Å². The number of nitrogens with one attached hydrogen (secondary N) is 1. The van der Waals surface area contributed by atoms with Gasteiger partial charge in [-0.3, -0.25) is 4.90 Å². The molecule has 0 radical (unpaired) electrons. The number of methoxy groups -OCH3 is 1. The highest BCUT2D eigenvalue weighted by molar-refractivity contribution is 5.69.